The highest BCUT2D eigenvalue weighted by Crippen LogP contribution is 2.33. The van der Waals surface area contributed by atoms with Gasteiger partial charge in [-0.2, -0.15) is 0 Å². The van der Waals surface area contributed by atoms with Crippen LogP contribution in [-0.4, -0.2) is 23.2 Å². The predicted molar refractivity (Wildman–Crippen MR) is 56.8 cm³/mol. The zero-order chi connectivity index (χ0) is 11.0. The number of benzene rings is 1. The van der Waals surface area contributed by atoms with E-state index in [9.17, 15) is 4.79 Å². The molecule has 78 valence electrons. The molecule has 0 atom stereocenters. The number of carbonyl (C=O) groups is 1. The van der Waals surface area contributed by atoms with Crippen molar-refractivity contribution >= 4 is 28.5 Å². The molecule has 0 saturated carbocycles. The molecule has 1 aromatic heterocycles. The maximum Gasteiger partial charge on any atom is 0.337 e. The first kappa shape index (κ1) is 9.86. The average molecular weight is 226 g/mol. The van der Waals surface area contributed by atoms with Crippen molar-refractivity contribution < 1.29 is 14.6 Å². The van der Waals surface area contributed by atoms with Gasteiger partial charge in [0.05, 0.1) is 23.2 Å². The molecule has 0 bridgehead atoms. The van der Waals surface area contributed by atoms with Gasteiger partial charge in [0.1, 0.15) is 5.75 Å². The van der Waals surface area contributed by atoms with Crippen LogP contribution in [0, 0.1) is 0 Å². The van der Waals surface area contributed by atoms with E-state index in [0.29, 0.717) is 16.7 Å². The Morgan fingerprint density at radius 1 is 1.60 bits per heavy atom. The minimum Gasteiger partial charge on any atom is -0.495 e. The molecule has 15 heavy (non-hydrogen) atoms. The lowest BCUT2D eigenvalue weighted by Gasteiger charge is -2.06. The van der Waals surface area contributed by atoms with Gasteiger partial charge < -0.3 is 14.8 Å². The lowest BCUT2D eigenvalue weighted by molar-refractivity contribution is 0.0697. The molecule has 0 unspecified atom stereocenters. The molecule has 2 N–H and O–H groups in total. The topological polar surface area (TPSA) is 62.3 Å². The fourth-order valence-corrected chi connectivity index (χ4v) is 1.78. The van der Waals surface area contributed by atoms with Crippen molar-refractivity contribution in [3.63, 3.8) is 0 Å². The number of carboxylic acid groups (broad SMARTS) is 1. The maximum absolute atomic E-state index is 10.9. The molecule has 0 spiro atoms. The van der Waals surface area contributed by atoms with E-state index in [1.807, 2.05) is 0 Å². The molecule has 0 aliphatic heterocycles. The first-order chi connectivity index (χ1) is 7.15. The summed E-state index contributed by atoms with van der Waals surface area (Å²) in [5.41, 5.74) is 0.744. The monoisotopic (exact) mass is 225 g/mol. The molecule has 0 aliphatic carbocycles. The summed E-state index contributed by atoms with van der Waals surface area (Å²) in [6.07, 6.45) is 1.69. The Morgan fingerprint density at radius 3 is 2.93 bits per heavy atom. The smallest absolute Gasteiger partial charge is 0.337 e. The number of methoxy groups -OCH3 is 1. The number of rotatable bonds is 2. The molecular formula is C10H8ClNO3. The number of aromatic amines is 1. The maximum atomic E-state index is 10.9. The Morgan fingerprint density at radius 2 is 2.33 bits per heavy atom. The van der Waals surface area contributed by atoms with E-state index >= 15 is 0 Å². The summed E-state index contributed by atoms with van der Waals surface area (Å²) in [4.78, 5) is 13.8. The Bertz CT molecular complexity index is 533. The fraction of sp³-hybridized carbons (Fsp3) is 0.100. The van der Waals surface area contributed by atoms with E-state index in [1.165, 1.54) is 13.2 Å². The van der Waals surface area contributed by atoms with Crippen LogP contribution in [0.2, 0.25) is 5.02 Å². The Balaban J connectivity index is 2.84. The van der Waals surface area contributed by atoms with Crippen LogP contribution in [-0.2, 0) is 0 Å². The SMILES string of the molecule is COc1cc(C(=O)O)c(Cl)c2cc[nH]c12. The molecule has 0 fully saturated rings. The van der Waals surface area contributed by atoms with Gasteiger partial charge >= 0.3 is 5.97 Å². The molecule has 0 saturated heterocycles. The number of carboxylic acids is 1. The van der Waals surface area contributed by atoms with E-state index in [2.05, 4.69) is 4.98 Å². The standard InChI is InChI=1S/C10H8ClNO3/c1-15-7-4-6(10(13)14)8(11)5-2-3-12-9(5)7/h2-4,12H,1H3,(H,13,14). The van der Waals surface area contributed by atoms with Crippen molar-refractivity contribution in [1.82, 2.24) is 4.98 Å². The molecule has 1 aromatic carbocycles. The lowest BCUT2D eigenvalue weighted by atomic mass is 10.1. The summed E-state index contributed by atoms with van der Waals surface area (Å²) in [7, 11) is 1.48. The van der Waals surface area contributed by atoms with Crippen LogP contribution >= 0.6 is 11.6 Å². The van der Waals surface area contributed by atoms with Gasteiger partial charge in [0.25, 0.3) is 0 Å². The average Bonchev–Trinajstić information content (AvgIpc) is 2.67. The van der Waals surface area contributed by atoms with Gasteiger partial charge in [-0.05, 0) is 12.1 Å². The third-order valence-corrected chi connectivity index (χ3v) is 2.60. The van der Waals surface area contributed by atoms with Crippen LogP contribution in [0.1, 0.15) is 10.4 Å². The Hall–Kier alpha value is -1.68. The van der Waals surface area contributed by atoms with Crippen LogP contribution in [0.5, 0.6) is 5.75 Å². The van der Waals surface area contributed by atoms with Crippen LogP contribution in [0.4, 0.5) is 0 Å². The molecule has 5 heteroatoms. The van der Waals surface area contributed by atoms with Crippen LogP contribution in [0.3, 0.4) is 0 Å². The number of nitrogens with one attached hydrogen (secondary N) is 1. The third kappa shape index (κ3) is 1.43. The van der Waals surface area contributed by atoms with Crippen molar-refractivity contribution in [1.29, 1.82) is 0 Å². The molecule has 4 nitrogen and oxygen atoms in total. The summed E-state index contributed by atoms with van der Waals surface area (Å²) < 4.78 is 5.08. The summed E-state index contributed by atoms with van der Waals surface area (Å²) >= 11 is 5.95. The van der Waals surface area contributed by atoms with Gasteiger partial charge in [-0.15, -0.1) is 0 Å². The van der Waals surface area contributed by atoms with Crippen LogP contribution in [0.25, 0.3) is 10.9 Å². The number of hydrogen-bond acceptors (Lipinski definition) is 2. The predicted octanol–water partition coefficient (Wildman–Crippen LogP) is 2.53. The molecule has 0 amide bonds. The molecule has 0 radical (unpaired) electrons. The zero-order valence-corrected chi connectivity index (χ0v) is 8.63. The van der Waals surface area contributed by atoms with E-state index in [0.717, 1.165) is 0 Å². The third-order valence-electron chi connectivity index (χ3n) is 2.19. The van der Waals surface area contributed by atoms with Gasteiger partial charge in [0.2, 0.25) is 0 Å². The first-order valence-corrected chi connectivity index (χ1v) is 4.60. The molecule has 2 aromatic rings. The number of aromatic carboxylic acids is 1. The summed E-state index contributed by atoms with van der Waals surface area (Å²) in [6, 6.07) is 3.12. The van der Waals surface area contributed by atoms with E-state index in [4.69, 9.17) is 21.4 Å². The summed E-state index contributed by atoms with van der Waals surface area (Å²) in [5.74, 6) is -0.599. The number of hydrogen-bond donors (Lipinski definition) is 2. The largest absolute Gasteiger partial charge is 0.495 e. The summed E-state index contributed by atoms with van der Waals surface area (Å²) in [6.45, 7) is 0. The second-order valence-corrected chi connectivity index (χ2v) is 3.39. The number of ether oxygens (including phenoxy) is 1. The molecule has 0 aliphatic rings. The molecule has 1 heterocycles. The van der Waals surface area contributed by atoms with Crippen molar-refractivity contribution in [3.05, 3.63) is 28.9 Å². The van der Waals surface area contributed by atoms with Crippen LogP contribution < -0.4 is 4.74 Å². The van der Waals surface area contributed by atoms with Gasteiger partial charge in [-0.25, -0.2) is 4.79 Å². The van der Waals surface area contributed by atoms with E-state index < -0.39 is 5.97 Å². The minimum absolute atomic E-state index is 0.0422. The van der Waals surface area contributed by atoms with Gasteiger partial charge in [0, 0.05) is 11.6 Å². The Kier molecular flexibility index (Phi) is 2.28. The van der Waals surface area contributed by atoms with E-state index in [1.54, 1.807) is 12.3 Å². The second-order valence-electron chi connectivity index (χ2n) is 3.01. The highest BCUT2D eigenvalue weighted by molar-refractivity contribution is 6.38. The van der Waals surface area contributed by atoms with Gasteiger partial charge in [-0.1, -0.05) is 11.6 Å². The number of aromatic nitrogens is 1. The van der Waals surface area contributed by atoms with Crippen molar-refractivity contribution in [2.75, 3.05) is 7.11 Å². The highest BCUT2D eigenvalue weighted by Gasteiger charge is 2.16. The van der Waals surface area contributed by atoms with E-state index in [-0.39, 0.29) is 10.6 Å². The van der Waals surface area contributed by atoms with Gasteiger partial charge in [0.15, 0.2) is 0 Å². The number of fused-ring (bicyclic) bond motifs is 1. The van der Waals surface area contributed by atoms with Crippen LogP contribution in [0.15, 0.2) is 18.3 Å². The first-order valence-electron chi connectivity index (χ1n) is 4.22. The van der Waals surface area contributed by atoms with Gasteiger partial charge in [-0.3, -0.25) is 0 Å². The molecule has 2 rings (SSSR count). The van der Waals surface area contributed by atoms with Crippen molar-refractivity contribution in [3.8, 4) is 5.75 Å². The zero-order valence-electron chi connectivity index (χ0n) is 7.87. The van der Waals surface area contributed by atoms with Crippen molar-refractivity contribution in [2.45, 2.75) is 0 Å². The fourth-order valence-electron chi connectivity index (χ4n) is 1.48. The minimum atomic E-state index is -1.07. The second kappa shape index (κ2) is 3.47. The summed E-state index contributed by atoms with van der Waals surface area (Å²) in [5, 5.41) is 9.80. The normalized spacial score (nSPS) is 10.5. The number of halogens is 1. The Labute approximate surface area is 90.4 Å². The highest BCUT2D eigenvalue weighted by atomic mass is 35.5. The quantitative estimate of drug-likeness (QED) is 0.826. The molecular weight excluding hydrogens is 218 g/mol. The van der Waals surface area contributed by atoms with Crippen molar-refractivity contribution in [2.24, 2.45) is 0 Å². The number of H-pyrrole nitrogens is 1. The lowest BCUT2D eigenvalue weighted by Crippen LogP contribution is -1.99.